The quantitative estimate of drug-likeness (QED) is 0.588. The van der Waals surface area contributed by atoms with Crippen molar-refractivity contribution in [3.63, 3.8) is 0 Å². The van der Waals surface area contributed by atoms with Crippen molar-refractivity contribution in [3.05, 3.63) is 82.6 Å². The van der Waals surface area contributed by atoms with Crippen LogP contribution in [0.4, 0.5) is 0 Å². The topological polar surface area (TPSA) is 111 Å². The van der Waals surface area contributed by atoms with Gasteiger partial charge in [0.2, 0.25) is 5.91 Å². The van der Waals surface area contributed by atoms with Crippen molar-refractivity contribution in [2.24, 2.45) is 0 Å². The first-order valence-corrected chi connectivity index (χ1v) is 9.25. The zero-order chi connectivity index (χ0) is 21.5. The van der Waals surface area contributed by atoms with E-state index in [2.05, 4.69) is 10.4 Å². The molecule has 0 unspecified atom stereocenters. The number of methoxy groups -OCH3 is 1. The highest BCUT2D eigenvalue weighted by Crippen LogP contribution is 2.19. The Morgan fingerprint density at radius 3 is 2.40 bits per heavy atom. The second-order valence-corrected chi connectivity index (χ2v) is 6.59. The Morgan fingerprint density at radius 1 is 1.07 bits per heavy atom. The molecular formula is C22H21N3O5. The first-order chi connectivity index (χ1) is 14.5. The zero-order valence-electron chi connectivity index (χ0n) is 16.3. The molecule has 0 radical (unpaired) electrons. The normalized spacial score (nSPS) is 11.5. The van der Waals surface area contributed by atoms with Gasteiger partial charge in [-0.05, 0) is 35.9 Å². The van der Waals surface area contributed by atoms with Crippen molar-refractivity contribution >= 4 is 11.9 Å². The van der Waals surface area contributed by atoms with Gasteiger partial charge in [0.25, 0.3) is 5.56 Å². The fourth-order valence-corrected chi connectivity index (χ4v) is 2.90. The number of aliphatic carboxylic acids is 1. The summed E-state index contributed by atoms with van der Waals surface area (Å²) >= 11 is 0. The maximum absolute atomic E-state index is 12.4. The number of aromatic nitrogens is 2. The SMILES string of the molecule is COc1ccc(-c2ccc(=O)n(CC(=O)N[C@@H](Cc3ccccc3)C(=O)O)n2)cc1. The molecule has 1 aromatic heterocycles. The molecule has 3 aromatic rings. The van der Waals surface area contributed by atoms with Crippen LogP contribution in [0.2, 0.25) is 0 Å². The molecule has 8 nitrogen and oxygen atoms in total. The fraction of sp³-hybridized carbons (Fsp3) is 0.182. The Hall–Kier alpha value is -3.94. The Kier molecular flexibility index (Phi) is 6.59. The van der Waals surface area contributed by atoms with E-state index >= 15 is 0 Å². The van der Waals surface area contributed by atoms with Crippen molar-refractivity contribution in [1.82, 2.24) is 15.1 Å². The predicted molar refractivity (Wildman–Crippen MR) is 110 cm³/mol. The number of ether oxygens (including phenoxy) is 1. The monoisotopic (exact) mass is 407 g/mol. The Bertz CT molecular complexity index is 1080. The van der Waals surface area contributed by atoms with E-state index in [9.17, 15) is 19.5 Å². The second-order valence-electron chi connectivity index (χ2n) is 6.59. The minimum atomic E-state index is -1.15. The van der Waals surface area contributed by atoms with Crippen molar-refractivity contribution in [2.75, 3.05) is 7.11 Å². The lowest BCUT2D eigenvalue weighted by atomic mass is 10.1. The molecule has 0 aliphatic heterocycles. The molecule has 154 valence electrons. The van der Waals surface area contributed by atoms with E-state index in [0.29, 0.717) is 11.4 Å². The van der Waals surface area contributed by atoms with E-state index in [0.717, 1.165) is 15.8 Å². The highest BCUT2D eigenvalue weighted by atomic mass is 16.5. The lowest BCUT2D eigenvalue weighted by Gasteiger charge is -2.15. The summed E-state index contributed by atoms with van der Waals surface area (Å²) in [6, 6.07) is 17.9. The standard InChI is InChI=1S/C22H21N3O5/c1-30-17-9-7-16(8-10-17)18-11-12-21(27)25(24-18)14-20(26)23-19(22(28)29)13-15-5-3-2-4-6-15/h2-12,19H,13-14H2,1H3,(H,23,26)(H,28,29)/t19-/m0/s1. The van der Waals surface area contributed by atoms with Crippen LogP contribution in [-0.2, 0) is 22.6 Å². The number of amides is 1. The average Bonchev–Trinajstić information content (AvgIpc) is 2.75. The number of carboxylic acid groups (broad SMARTS) is 1. The third kappa shape index (κ3) is 5.32. The van der Waals surface area contributed by atoms with Gasteiger partial charge in [0.15, 0.2) is 0 Å². The number of benzene rings is 2. The number of carboxylic acids is 1. The minimum Gasteiger partial charge on any atom is -0.497 e. The Balaban J connectivity index is 1.73. The van der Waals surface area contributed by atoms with Crippen LogP contribution in [0.25, 0.3) is 11.3 Å². The molecule has 3 rings (SSSR count). The van der Waals surface area contributed by atoms with Crippen LogP contribution in [0.5, 0.6) is 5.75 Å². The van der Waals surface area contributed by atoms with Crippen LogP contribution in [0, 0.1) is 0 Å². The van der Waals surface area contributed by atoms with Crippen molar-refractivity contribution in [1.29, 1.82) is 0 Å². The van der Waals surface area contributed by atoms with Gasteiger partial charge in [0.05, 0.1) is 12.8 Å². The van der Waals surface area contributed by atoms with E-state index in [1.54, 1.807) is 61.7 Å². The van der Waals surface area contributed by atoms with Gasteiger partial charge in [-0.1, -0.05) is 30.3 Å². The molecule has 1 heterocycles. The molecule has 0 bridgehead atoms. The largest absolute Gasteiger partial charge is 0.497 e. The number of carbonyl (C=O) groups excluding carboxylic acids is 1. The molecule has 0 spiro atoms. The smallest absolute Gasteiger partial charge is 0.326 e. The first kappa shape index (κ1) is 20.8. The second kappa shape index (κ2) is 9.51. The van der Waals surface area contributed by atoms with Crippen molar-refractivity contribution in [2.45, 2.75) is 19.0 Å². The fourth-order valence-electron chi connectivity index (χ4n) is 2.90. The summed E-state index contributed by atoms with van der Waals surface area (Å²) in [6.07, 6.45) is 0.135. The molecule has 0 saturated carbocycles. The molecule has 0 saturated heterocycles. The molecule has 30 heavy (non-hydrogen) atoms. The van der Waals surface area contributed by atoms with Gasteiger partial charge in [-0.2, -0.15) is 5.10 Å². The third-order valence-electron chi connectivity index (χ3n) is 4.46. The van der Waals surface area contributed by atoms with Crippen LogP contribution < -0.4 is 15.6 Å². The van der Waals surface area contributed by atoms with Crippen LogP contribution in [0.1, 0.15) is 5.56 Å². The predicted octanol–water partition coefficient (Wildman–Crippen LogP) is 1.73. The van der Waals surface area contributed by atoms with E-state index < -0.39 is 23.5 Å². The summed E-state index contributed by atoms with van der Waals surface area (Å²) in [5.74, 6) is -1.08. The van der Waals surface area contributed by atoms with Gasteiger partial charge >= 0.3 is 5.97 Å². The van der Waals surface area contributed by atoms with Crippen molar-refractivity contribution < 1.29 is 19.4 Å². The van der Waals surface area contributed by atoms with Gasteiger partial charge in [0, 0.05) is 18.1 Å². The summed E-state index contributed by atoms with van der Waals surface area (Å²) in [4.78, 5) is 36.1. The van der Waals surface area contributed by atoms with Gasteiger partial charge in [0.1, 0.15) is 18.3 Å². The minimum absolute atomic E-state index is 0.135. The highest BCUT2D eigenvalue weighted by Gasteiger charge is 2.21. The van der Waals surface area contributed by atoms with Crippen LogP contribution in [0.15, 0.2) is 71.5 Å². The molecule has 2 aromatic carbocycles. The van der Waals surface area contributed by atoms with E-state index in [1.165, 1.54) is 6.07 Å². The molecule has 1 amide bonds. The number of rotatable bonds is 8. The van der Waals surface area contributed by atoms with E-state index in [-0.39, 0.29) is 13.0 Å². The molecule has 0 aliphatic rings. The molecule has 0 fully saturated rings. The molecule has 8 heteroatoms. The number of nitrogens with zero attached hydrogens (tertiary/aromatic N) is 2. The Morgan fingerprint density at radius 2 is 1.77 bits per heavy atom. The summed E-state index contributed by atoms with van der Waals surface area (Å²) in [6.45, 7) is -0.388. The van der Waals surface area contributed by atoms with E-state index in [4.69, 9.17) is 4.74 Å². The van der Waals surface area contributed by atoms with E-state index in [1.807, 2.05) is 6.07 Å². The lowest BCUT2D eigenvalue weighted by molar-refractivity contribution is -0.141. The summed E-state index contributed by atoms with van der Waals surface area (Å²) in [5, 5.41) is 16.1. The summed E-state index contributed by atoms with van der Waals surface area (Å²) < 4.78 is 6.13. The maximum atomic E-state index is 12.4. The zero-order valence-corrected chi connectivity index (χ0v) is 16.3. The number of carbonyl (C=O) groups is 2. The lowest BCUT2D eigenvalue weighted by Crippen LogP contribution is -2.44. The molecule has 2 N–H and O–H groups in total. The number of hydrogen-bond donors (Lipinski definition) is 2. The van der Waals surface area contributed by atoms with Gasteiger partial charge in [-0.3, -0.25) is 9.59 Å². The molecular weight excluding hydrogens is 386 g/mol. The van der Waals surface area contributed by atoms with Crippen LogP contribution in [-0.4, -0.2) is 39.9 Å². The number of nitrogens with one attached hydrogen (secondary N) is 1. The first-order valence-electron chi connectivity index (χ1n) is 9.25. The van der Waals surface area contributed by atoms with Crippen LogP contribution in [0.3, 0.4) is 0 Å². The molecule has 0 aliphatic carbocycles. The maximum Gasteiger partial charge on any atom is 0.326 e. The number of hydrogen-bond acceptors (Lipinski definition) is 5. The summed E-state index contributed by atoms with van der Waals surface area (Å²) in [7, 11) is 1.56. The average molecular weight is 407 g/mol. The van der Waals surface area contributed by atoms with Crippen molar-refractivity contribution in [3.8, 4) is 17.0 Å². The Labute approximate surface area is 172 Å². The highest BCUT2D eigenvalue weighted by molar-refractivity contribution is 5.83. The van der Waals surface area contributed by atoms with Gasteiger partial charge in [-0.15, -0.1) is 0 Å². The summed E-state index contributed by atoms with van der Waals surface area (Å²) in [5.41, 5.74) is 1.57. The third-order valence-corrected chi connectivity index (χ3v) is 4.46. The molecule has 1 atom stereocenters. The van der Waals surface area contributed by atoms with Gasteiger partial charge in [-0.25, -0.2) is 9.48 Å². The van der Waals surface area contributed by atoms with Gasteiger partial charge < -0.3 is 15.2 Å². The van der Waals surface area contributed by atoms with Crippen LogP contribution >= 0.6 is 0 Å².